The first-order valence-corrected chi connectivity index (χ1v) is 8.31. The van der Waals surface area contributed by atoms with Crippen molar-refractivity contribution in [3.8, 4) is 0 Å². The Morgan fingerprint density at radius 1 is 0.850 bits per heavy atom. The summed E-state index contributed by atoms with van der Waals surface area (Å²) in [6.07, 6.45) is 26.3. The molecule has 0 fully saturated rings. The molecule has 1 heteroatoms. The first-order chi connectivity index (χ1) is 9.82. The van der Waals surface area contributed by atoms with Gasteiger partial charge in [-0.15, -0.1) is 0 Å². The molecule has 0 aromatic rings. The van der Waals surface area contributed by atoms with E-state index in [4.69, 9.17) is 5.73 Å². The third kappa shape index (κ3) is 2.56. The highest BCUT2D eigenvalue weighted by molar-refractivity contribution is 5.38. The predicted molar refractivity (Wildman–Crippen MR) is 86.3 cm³/mol. The monoisotopic (exact) mass is 269 g/mol. The topological polar surface area (TPSA) is 26.0 Å². The molecule has 0 bridgehead atoms. The Morgan fingerprint density at radius 2 is 1.50 bits per heavy atom. The van der Waals surface area contributed by atoms with Crippen molar-refractivity contribution in [1.29, 1.82) is 0 Å². The Kier molecular flexibility index (Phi) is 4.26. The predicted octanol–water partition coefficient (Wildman–Crippen LogP) is 4.67. The van der Waals surface area contributed by atoms with Gasteiger partial charge in [0.1, 0.15) is 0 Å². The molecule has 2 N–H and O–H groups in total. The van der Waals surface area contributed by atoms with Crippen molar-refractivity contribution in [1.82, 2.24) is 0 Å². The van der Waals surface area contributed by atoms with Gasteiger partial charge in [-0.2, -0.15) is 0 Å². The van der Waals surface area contributed by atoms with E-state index in [1.165, 1.54) is 50.5 Å². The molecule has 2 atom stereocenters. The lowest BCUT2D eigenvalue weighted by molar-refractivity contribution is 0.252. The zero-order valence-corrected chi connectivity index (χ0v) is 12.4. The minimum atomic E-state index is -0.190. The Balaban J connectivity index is 1.96. The van der Waals surface area contributed by atoms with Crippen LogP contribution in [0, 0.1) is 11.8 Å². The second-order valence-electron chi connectivity index (χ2n) is 6.50. The molecule has 0 radical (unpaired) electrons. The summed E-state index contributed by atoms with van der Waals surface area (Å²) in [7, 11) is 0. The summed E-state index contributed by atoms with van der Waals surface area (Å²) >= 11 is 0. The summed E-state index contributed by atoms with van der Waals surface area (Å²) in [5, 5.41) is 0. The van der Waals surface area contributed by atoms with E-state index in [0.717, 1.165) is 6.42 Å². The second-order valence-corrected chi connectivity index (χ2v) is 6.50. The van der Waals surface area contributed by atoms with Gasteiger partial charge in [0.25, 0.3) is 0 Å². The van der Waals surface area contributed by atoms with Gasteiger partial charge in [-0.1, -0.05) is 42.5 Å². The maximum Gasteiger partial charge on any atom is 0.0533 e. The summed E-state index contributed by atoms with van der Waals surface area (Å²) in [4.78, 5) is 0. The highest BCUT2D eigenvalue weighted by Gasteiger charge is 2.42. The third-order valence-electron chi connectivity index (χ3n) is 5.23. The minimum Gasteiger partial charge on any atom is -0.320 e. The first kappa shape index (κ1) is 13.9. The lowest BCUT2D eigenvalue weighted by Gasteiger charge is -2.45. The lowest BCUT2D eigenvalue weighted by atomic mass is 9.64. The van der Waals surface area contributed by atoms with E-state index >= 15 is 0 Å². The molecule has 0 spiro atoms. The zero-order valence-electron chi connectivity index (χ0n) is 12.4. The van der Waals surface area contributed by atoms with Crippen LogP contribution >= 0.6 is 0 Å². The molecule has 0 saturated carbocycles. The molecule has 0 saturated heterocycles. The summed E-state index contributed by atoms with van der Waals surface area (Å²) in [6, 6.07) is 0. The Bertz CT molecular complexity index is 428. The van der Waals surface area contributed by atoms with Gasteiger partial charge in [-0.25, -0.2) is 0 Å². The van der Waals surface area contributed by atoms with Crippen LogP contribution in [-0.2, 0) is 0 Å². The maximum absolute atomic E-state index is 7.10. The fourth-order valence-electron chi connectivity index (χ4n) is 4.06. The van der Waals surface area contributed by atoms with Crippen LogP contribution < -0.4 is 5.73 Å². The van der Waals surface area contributed by atoms with Crippen LogP contribution in [0.25, 0.3) is 0 Å². The molecule has 108 valence electrons. The Morgan fingerprint density at radius 3 is 1.95 bits per heavy atom. The molecule has 3 aliphatic rings. The van der Waals surface area contributed by atoms with E-state index in [1.54, 1.807) is 0 Å². The van der Waals surface area contributed by atoms with Gasteiger partial charge < -0.3 is 5.73 Å². The van der Waals surface area contributed by atoms with Crippen molar-refractivity contribution >= 4 is 0 Å². The molecule has 0 heterocycles. The normalized spacial score (nSPS) is 32.8. The van der Waals surface area contributed by atoms with Crippen LogP contribution in [0.5, 0.6) is 0 Å². The van der Waals surface area contributed by atoms with Crippen molar-refractivity contribution in [3.05, 3.63) is 48.1 Å². The number of hydrogen-bond acceptors (Lipinski definition) is 1. The van der Waals surface area contributed by atoms with E-state index in [2.05, 4.69) is 42.5 Å². The van der Waals surface area contributed by atoms with Crippen LogP contribution in [0.3, 0.4) is 0 Å². The molecule has 0 aromatic carbocycles. The van der Waals surface area contributed by atoms with Gasteiger partial charge >= 0.3 is 0 Å². The number of hydrogen-bond donors (Lipinski definition) is 1. The molecule has 3 aliphatic carbocycles. The molecule has 0 aliphatic heterocycles. The summed E-state index contributed by atoms with van der Waals surface area (Å²) < 4.78 is 0. The van der Waals surface area contributed by atoms with E-state index in [-0.39, 0.29) is 5.54 Å². The maximum atomic E-state index is 7.10. The summed E-state index contributed by atoms with van der Waals surface area (Å²) in [6.45, 7) is 0. The smallest absolute Gasteiger partial charge is 0.0533 e. The minimum absolute atomic E-state index is 0.190. The van der Waals surface area contributed by atoms with Crippen LogP contribution in [0.2, 0.25) is 0 Å². The molecule has 0 amide bonds. The highest BCUT2D eigenvalue weighted by Crippen LogP contribution is 2.42. The summed E-state index contributed by atoms with van der Waals surface area (Å²) in [5.74, 6) is 0.996. The number of rotatable bonds is 3. The summed E-state index contributed by atoms with van der Waals surface area (Å²) in [5.41, 5.74) is 8.30. The van der Waals surface area contributed by atoms with Gasteiger partial charge in [0.2, 0.25) is 0 Å². The van der Waals surface area contributed by atoms with E-state index in [0.29, 0.717) is 11.8 Å². The van der Waals surface area contributed by atoms with Gasteiger partial charge in [-0.05, 0) is 68.8 Å². The van der Waals surface area contributed by atoms with Crippen molar-refractivity contribution in [2.75, 3.05) is 0 Å². The number of nitrogens with two attached hydrogens (primary N) is 1. The SMILES string of the molecule is NC(C1=CCCC=C1)(C1C=CCCC1)C1C=CCCC1. The number of allylic oxidation sites excluding steroid dienone is 4. The molecular weight excluding hydrogens is 242 g/mol. The molecule has 0 aromatic heterocycles. The van der Waals surface area contributed by atoms with Crippen molar-refractivity contribution in [3.63, 3.8) is 0 Å². The molecule has 1 nitrogen and oxygen atoms in total. The second kappa shape index (κ2) is 6.13. The average molecular weight is 269 g/mol. The van der Waals surface area contributed by atoms with E-state index in [9.17, 15) is 0 Å². The Hall–Kier alpha value is -1.08. The molecular formula is C19H27N. The Labute approximate surface area is 123 Å². The third-order valence-corrected chi connectivity index (χ3v) is 5.23. The quantitative estimate of drug-likeness (QED) is 0.740. The fraction of sp³-hybridized carbons (Fsp3) is 0.579. The van der Waals surface area contributed by atoms with E-state index in [1.807, 2.05) is 0 Å². The molecule has 2 unspecified atom stereocenters. The van der Waals surface area contributed by atoms with Crippen LogP contribution in [-0.4, -0.2) is 5.54 Å². The van der Waals surface area contributed by atoms with Crippen molar-refractivity contribution < 1.29 is 0 Å². The molecule has 3 rings (SSSR count). The van der Waals surface area contributed by atoms with Crippen LogP contribution in [0.4, 0.5) is 0 Å². The fourth-order valence-corrected chi connectivity index (χ4v) is 4.06. The highest BCUT2D eigenvalue weighted by atomic mass is 14.8. The van der Waals surface area contributed by atoms with Crippen molar-refractivity contribution in [2.45, 2.75) is 56.9 Å². The van der Waals surface area contributed by atoms with Gasteiger partial charge in [0, 0.05) is 0 Å². The van der Waals surface area contributed by atoms with Gasteiger partial charge in [-0.3, -0.25) is 0 Å². The average Bonchev–Trinajstić information content (AvgIpc) is 2.56. The van der Waals surface area contributed by atoms with E-state index < -0.39 is 0 Å². The standard InChI is InChI=1S/C19H27N/c20-19(16-10-4-1-5-11-16,17-12-6-2-7-13-17)18-14-8-3-9-15-18/h4,6,8,10-12,14,17-18H,1-3,5,7,9,13,15,20H2. The molecule has 20 heavy (non-hydrogen) atoms. The largest absolute Gasteiger partial charge is 0.320 e. The first-order valence-electron chi connectivity index (χ1n) is 8.31. The van der Waals surface area contributed by atoms with Gasteiger partial charge in [0.05, 0.1) is 5.54 Å². The lowest BCUT2D eigenvalue weighted by Crippen LogP contribution is -2.54. The van der Waals surface area contributed by atoms with Gasteiger partial charge in [0.15, 0.2) is 0 Å². The van der Waals surface area contributed by atoms with Crippen LogP contribution in [0.1, 0.15) is 51.4 Å². The van der Waals surface area contributed by atoms with Crippen molar-refractivity contribution in [2.24, 2.45) is 17.6 Å². The van der Waals surface area contributed by atoms with Crippen LogP contribution in [0.15, 0.2) is 48.1 Å². The zero-order chi connectivity index (χ0) is 13.8.